The molecule has 1 fully saturated rings. The highest BCUT2D eigenvalue weighted by Crippen LogP contribution is 2.33. The van der Waals surface area contributed by atoms with Crippen LogP contribution in [0.1, 0.15) is 33.8 Å². The number of anilines is 1. The molecule has 5 heteroatoms. The molecule has 2 aromatic rings. The lowest BCUT2D eigenvalue weighted by molar-refractivity contribution is 0.0691. The van der Waals surface area contributed by atoms with Crippen LogP contribution in [-0.4, -0.2) is 24.2 Å². The van der Waals surface area contributed by atoms with Crippen LogP contribution in [0.4, 0.5) is 10.1 Å². The Morgan fingerprint density at radius 3 is 2.65 bits per heavy atom. The summed E-state index contributed by atoms with van der Waals surface area (Å²) in [4.78, 5) is 13.2. The van der Waals surface area contributed by atoms with Crippen molar-refractivity contribution < 1.29 is 14.3 Å². The number of hydrogen-bond acceptors (Lipinski definition) is 3. The molecule has 1 heterocycles. The molecule has 3 rings (SSSR count). The molecular formula is C18H15FN2O2. The van der Waals surface area contributed by atoms with Gasteiger partial charge in [0.15, 0.2) is 0 Å². The number of carboxylic acid groups (broad SMARTS) is 1. The number of carbonyl (C=O) groups is 1. The van der Waals surface area contributed by atoms with Crippen molar-refractivity contribution in [3.63, 3.8) is 0 Å². The van der Waals surface area contributed by atoms with E-state index in [-0.39, 0.29) is 11.5 Å². The molecule has 1 N–H and O–H groups in total. The molecule has 0 saturated carbocycles. The number of nitriles is 1. The average Bonchev–Trinajstić information content (AvgIpc) is 3.04. The molecule has 1 aliphatic rings. The van der Waals surface area contributed by atoms with E-state index in [1.54, 1.807) is 24.3 Å². The third kappa shape index (κ3) is 2.88. The van der Waals surface area contributed by atoms with E-state index >= 15 is 0 Å². The molecule has 2 aromatic carbocycles. The molecule has 1 atom stereocenters. The Morgan fingerprint density at radius 1 is 1.26 bits per heavy atom. The van der Waals surface area contributed by atoms with Crippen LogP contribution in [0.5, 0.6) is 0 Å². The van der Waals surface area contributed by atoms with Gasteiger partial charge in [-0.2, -0.15) is 5.26 Å². The Labute approximate surface area is 133 Å². The summed E-state index contributed by atoms with van der Waals surface area (Å²) >= 11 is 0. The molecule has 4 nitrogen and oxygen atoms in total. The summed E-state index contributed by atoms with van der Waals surface area (Å²) in [7, 11) is 0. The highest BCUT2D eigenvalue weighted by molar-refractivity contribution is 5.88. The minimum Gasteiger partial charge on any atom is -0.478 e. The van der Waals surface area contributed by atoms with E-state index in [2.05, 4.69) is 11.0 Å². The van der Waals surface area contributed by atoms with E-state index < -0.39 is 11.8 Å². The van der Waals surface area contributed by atoms with Crippen LogP contribution in [0.2, 0.25) is 0 Å². The lowest BCUT2D eigenvalue weighted by atomic mass is 9.96. The van der Waals surface area contributed by atoms with Crippen LogP contribution in [0.3, 0.4) is 0 Å². The predicted octanol–water partition coefficient (Wildman–Crippen LogP) is 3.39. The van der Waals surface area contributed by atoms with E-state index in [1.807, 2.05) is 12.1 Å². The first-order valence-corrected chi connectivity index (χ1v) is 7.37. The second kappa shape index (κ2) is 6.09. The lowest BCUT2D eigenvalue weighted by Crippen LogP contribution is -2.19. The summed E-state index contributed by atoms with van der Waals surface area (Å²) < 4.78 is 14.4. The lowest BCUT2D eigenvalue weighted by Gasteiger charge is -2.19. The maximum atomic E-state index is 14.4. The highest BCUT2D eigenvalue weighted by Gasteiger charge is 2.27. The van der Waals surface area contributed by atoms with Crippen LogP contribution in [-0.2, 0) is 0 Å². The molecule has 0 radical (unpaired) electrons. The van der Waals surface area contributed by atoms with Crippen LogP contribution < -0.4 is 4.90 Å². The molecular weight excluding hydrogens is 295 g/mol. The van der Waals surface area contributed by atoms with Crippen molar-refractivity contribution in [1.82, 2.24) is 0 Å². The minimum atomic E-state index is -1.24. The van der Waals surface area contributed by atoms with Crippen molar-refractivity contribution in [3.8, 4) is 6.07 Å². The smallest absolute Gasteiger partial charge is 0.338 e. The van der Waals surface area contributed by atoms with Gasteiger partial charge in [0.25, 0.3) is 0 Å². The summed E-state index contributed by atoms with van der Waals surface area (Å²) in [6.45, 7) is 1.40. The molecule has 1 saturated heterocycles. The van der Waals surface area contributed by atoms with Gasteiger partial charge in [0, 0.05) is 24.7 Å². The second-order valence-electron chi connectivity index (χ2n) is 5.60. The first-order chi connectivity index (χ1) is 11.1. The number of nitrogens with zero attached hydrogens (tertiary/aromatic N) is 2. The van der Waals surface area contributed by atoms with Gasteiger partial charge in [-0.25, -0.2) is 9.18 Å². The molecule has 0 aromatic heterocycles. The Bertz CT molecular complexity index is 781. The van der Waals surface area contributed by atoms with Gasteiger partial charge in [-0.05, 0) is 42.3 Å². The maximum absolute atomic E-state index is 14.4. The standard InChI is InChI=1S/C18H15FN2O2/c19-17-15(2-1-3-16(17)18(22)23)13-8-9-21(11-13)14-6-4-12(10-20)5-7-14/h1-7,13H,8-9,11H2,(H,22,23). The number of rotatable bonds is 3. The van der Waals surface area contributed by atoms with E-state index in [1.165, 1.54) is 6.07 Å². The quantitative estimate of drug-likeness (QED) is 0.944. The zero-order valence-electron chi connectivity index (χ0n) is 12.4. The molecule has 0 amide bonds. The zero-order chi connectivity index (χ0) is 16.4. The van der Waals surface area contributed by atoms with Gasteiger partial charge in [0.1, 0.15) is 5.82 Å². The summed E-state index contributed by atoms with van der Waals surface area (Å²) in [5.41, 5.74) is 1.77. The highest BCUT2D eigenvalue weighted by atomic mass is 19.1. The summed E-state index contributed by atoms with van der Waals surface area (Å²) in [6.07, 6.45) is 0.764. The van der Waals surface area contributed by atoms with E-state index in [0.29, 0.717) is 17.7 Å². The fourth-order valence-corrected chi connectivity index (χ4v) is 3.03. The third-order valence-electron chi connectivity index (χ3n) is 4.25. The Balaban J connectivity index is 1.81. The average molecular weight is 310 g/mol. The van der Waals surface area contributed by atoms with E-state index in [9.17, 15) is 9.18 Å². The first kappa shape index (κ1) is 15.0. The Hall–Kier alpha value is -2.87. The molecule has 116 valence electrons. The largest absolute Gasteiger partial charge is 0.478 e. The molecule has 0 aliphatic carbocycles. The second-order valence-corrected chi connectivity index (χ2v) is 5.60. The minimum absolute atomic E-state index is 0.0371. The Kier molecular flexibility index (Phi) is 3.98. The van der Waals surface area contributed by atoms with Gasteiger partial charge in [0.2, 0.25) is 0 Å². The summed E-state index contributed by atoms with van der Waals surface area (Å²) in [5.74, 6) is -1.91. The van der Waals surface area contributed by atoms with Gasteiger partial charge in [-0.3, -0.25) is 0 Å². The molecule has 0 bridgehead atoms. The number of hydrogen-bond donors (Lipinski definition) is 1. The monoisotopic (exact) mass is 310 g/mol. The Morgan fingerprint density at radius 2 is 2.00 bits per heavy atom. The number of halogens is 1. The summed E-state index contributed by atoms with van der Waals surface area (Å²) in [6, 6.07) is 13.9. The summed E-state index contributed by atoms with van der Waals surface area (Å²) in [5, 5.41) is 17.9. The van der Waals surface area contributed by atoms with Crippen LogP contribution in [0.15, 0.2) is 42.5 Å². The molecule has 1 aliphatic heterocycles. The fraction of sp³-hybridized carbons (Fsp3) is 0.222. The molecule has 1 unspecified atom stereocenters. The zero-order valence-corrected chi connectivity index (χ0v) is 12.4. The van der Waals surface area contributed by atoms with Crippen LogP contribution in [0.25, 0.3) is 0 Å². The van der Waals surface area contributed by atoms with Crippen molar-refractivity contribution in [3.05, 3.63) is 65.0 Å². The van der Waals surface area contributed by atoms with E-state index in [4.69, 9.17) is 10.4 Å². The van der Waals surface area contributed by atoms with Crippen molar-refractivity contribution in [2.75, 3.05) is 18.0 Å². The predicted molar refractivity (Wildman–Crippen MR) is 84.1 cm³/mol. The van der Waals surface area contributed by atoms with Gasteiger partial charge < -0.3 is 10.0 Å². The number of carboxylic acids is 1. The van der Waals surface area contributed by atoms with Gasteiger partial charge >= 0.3 is 5.97 Å². The van der Waals surface area contributed by atoms with Gasteiger partial charge in [-0.15, -0.1) is 0 Å². The first-order valence-electron chi connectivity index (χ1n) is 7.37. The van der Waals surface area contributed by atoms with Crippen molar-refractivity contribution in [1.29, 1.82) is 5.26 Å². The van der Waals surface area contributed by atoms with Crippen LogP contribution >= 0.6 is 0 Å². The normalized spacial score (nSPS) is 17.0. The van der Waals surface area contributed by atoms with Crippen molar-refractivity contribution in [2.24, 2.45) is 0 Å². The molecule has 0 spiro atoms. The third-order valence-corrected chi connectivity index (χ3v) is 4.25. The van der Waals surface area contributed by atoms with Crippen molar-refractivity contribution >= 4 is 11.7 Å². The SMILES string of the molecule is N#Cc1ccc(N2CCC(c3cccc(C(=O)O)c3F)C2)cc1. The van der Waals surface area contributed by atoms with Gasteiger partial charge in [-0.1, -0.05) is 12.1 Å². The van der Waals surface area contributed by atoms with Crippen molar-refractivity contribution in [2.45, 2.75) is 12.3 Å². The maximum Gasteiger partial charge on any atom is 0.338 e. The topological polar surface area (TPSA) is 64.3 Å². The fourth-order valence-electron chi connectivity index (χ4n) is 3.03. The van der Waals surface area contributed by atoms with Gasteiger partial charge in [0.05, 0.1) is 17.2 Å². The number of benzene rings is 2. The van der Waals surface area contributed by atoms with E-state index in [0.717, 1.165) is 18.7 Å². The van der Waals surface area contributed by atoms with Crippen LogP contribution in [0, 0.1) is 17.1 Å². The number of aromatic carboxylic acids is 1. The molecule has 23 heavy (non-hydrogen) atoms.